The molecule has 0 bridgehead atoms. The Balaban J connectivity index is 1.66. The van der Waals surface area contributed by atoms with Crippen LogP contribution in [0.5, 0.6) is 0 Å². The Bertz CT molecular complexity index is 524. The first-order valence-corrected chi connectivity index (χ1v) is 7.22. The van der Waals surface area contributed by atoms with Crippen LogP contribution in [0.1, 0.15) is 12.7 Å². The maximum atomic E-state index is 12.6. The van der Waals surface area contributed by atoms with Crippen molar-refractivity contribution in [1.82, 2.24) is 20.4 Å². The Morgan fingerprint density at radius 1 is 1.29 bits per heavy atom. The summed E-state index contributed by atoms with van der Waals surface area (Å²) in [7, 11) is 0. The largest absolute Gasteiger partial charge is 0.466 e. The van der Waals surface area contributed by atoms with E-state index in [1.54, 1.807) is 19.1 Å². The Morgan fingerprint density at radius 2 is 2.05 bits per heavy atom. The lowest BCUT2D eigenvalue weighted by Crippen LogP contribution is -2.47. The van der Waals surface area contributed by atoms with E-state index in [0.717, 1.165) is 26.2 Å². The van der Waals surface area contributed by atoms with E-state index in [4.69, 9.17) is 4.42 Å². The van der Waals surface area contributed by atoms with Gasteiger partial charge in [-0.25, -0.2) is 4.79 Å². The smallest absolute Gasteiger partial charge is 0.325 e. The monoisotopic (exact) mass is 292 g/mol. The number of urea groups is 1. The van der Waals surface area contributed by atoms with Crippen LogP contribution in [0.2, 0.25) is 0 Å². The molecule has 0 aliphatic carbocycles. The third-order valence-corrected chi connectivity index (χ3v) is 4.14. The van der Waals surface area contributed by atoms with Crippen molar-refractivity contribution in [2.75, 3.05) is 39.3 Å². The van der Waals surface area contributed by atoms with Crippen molar-refractivity contribution in [3.63, 3.8) is 0 Å². The minimum atomic E-state index is -1.09. The van der Waals surface area contributed by atoms with Gasteiger partial charge in [0.15, 0.2) is 5.54 Å². The van der Waals surface area contributed by atoms with Crippen LogP contribution in [0.15, 0.2) is 22.8 Å². The topological polar surface area (TPSA) is 77.8 Å². The van der Waals surface area contributed by atoms with Crippen LogP contribution in [0.3, 0.4) is 0 Å². The lowest BCUT2D eigenvalue weighted by molar-refractivity contribution is -0.131. The van der Waals surface area contributed by atoms with Gasteiger partial charge in [-0.2, -0.15) is 0 Å². The molecule has 2 aliphatic heterocycles. The molecule has 1 aromatic rings. The zero-order chi connectivity index (χ0) is 14.9. The van der Waals surface area contributed by atoms with Gasteiger partial charge in [-0.15, -0.1) is 0 Å². The maximum Gasteiger partial charge on any atom is 0.325 e. The van der Waals surface area contributed by atoms with Crippen molar-refractivity contribution < 1.29 is 14.0 Å². The van der Waals surface area contributed by atoms with E-state index >= 15 is 0 Å². The van der Waals surface area contributed by atoms with Crippen molar-refractivity contribution in [2.45, 2.75) is 12.5 Å². The van der Waals surface area contributed by atoms with Gasteiger partial charge in [0.2, 0.25) is 0 Å². The van der Waals surface area contributed by atoms with Gasteiger partial charge in [0, 0.05) is 39.3 Å². The van der Waals surface area contributed by atoms with Crippen LogP contribution >= 0.6 is 0 Å². The lowest BCUT2D eigenvalue weighted by atomic mass is 9.99. The highest BCUT2D eigenvalue weighted by molar-refractivity contribution is 6.06. The fraction of sp³-hybridized carbons (Fsp3) is 0.571. The molecule has 1 aromatic heterocycles. The van der Waals surface area contributed by atoms with Crippen molar-refractivity contribution in [3.8, 4) is 0 Å². The summed E-state index contributed by atoms with van der Waals surface area (Å²) in [6, 6.07) is 3.07. The van der Waals surface area contributed by atoms with E-state index in [-0.39, 0.29) is 11.9 Å². The normalized spacial score (nSPS) is 27.2. The molecule has 1 atom stereocenters. The molecule has 3 heterocycles. The van der Waals surface area contributed by atoms with Crippen molar-refractivity contribution in [3.05, 3.63) is 24.2 Å². The summed E-state index contributed by atoms with van der Waals surface area (Å²) >= 11 is 0. The van der Waals surface area contributed by atoms with Crippen LogP contribution < -0.4 is 10.6 Å². The standard InChI is InChI=1S/C14H20N4O3/c1-14(11-3-2-10-21-11)12(19)18(13(20)16-14)9-8-17-6-4-15-5-7-17/h2-3,10,15H,4-9H2,1H3,(H,16,20). The fourth-order valence-electron chi connectivity index (χ4n) is 2.81. The zero-order valence-corrected chi connectivity index (χ0v) is 12.1. The van der Waals surface area contributed by atoms with Crippen LogP contribution in [-0.2, 0) is 10.3 Å². The average Bonchev–Trinajstić information content (AvgIpc) is 3.09. The SMILES string of the molecule is CC1(c2ccco2)NC(=O)N(CCN2CCNCC2)C1=O. The number of nitrogens with one attached hydrogen (secondary N) is 2. The van der Waals surface area contributed by atoms with Gasteiger partial charge in [0.1, 0.15) is 5.76 Å². The zero-order valence-electron chi connectivity index (χ0n) is 12.1. The minimum Gasteiger partial charge on any atom is -0.466 e. The molecule has 2 aliphatic rings. The highest BCUT2D eigenvalue weighted by Gasteiger charge is 2.50. The summed E-state index contributed by atoms with van der Waals surface area (Å²) in [4.78, 5) is 28.2. The second kappa shape index (κ2) is 5.50. The van der Waals surface area contributed by atoms with Crippen molar-refractivity contribution in [2.24, 2.45) is 0 Å². The maximum absolute atomic E-state index is 12.6. The van der Waals surface area contributed by atoms with Gasteiger partial charge in [-0.1, -0.05) is 0 Å². The van der Waals surface area contributed by atoms with E-state index in [1.165, 1.54) is 11.2 Å². The molecule has 7 nitrogen and oxygen atoms in total. The first-order chi connectivity index (χ1) is 10.1. The molecule has 7 heteroatoms. The highest BCUT2D eigenvalue weighted by Crippen LogP contribution is 2.28. The Labute approximate surface area is 123 Å². The summed E-state index contributed by atoms with van der Waals surface area (Å²) in [5, 5.41) is 6.01. The third kappa shape index (κ3) is 2.54. The summed E-state index contributed by atoms with van der Waals surface area (Å²) < 4.78 is 5.30. The van der Waals surface area contributed by atoms with Crippen LogP contribution in [0.4, 0.5) is 4.79 Å². The molecule has 0 spiro atoms. The molecule has 3 amide bonds. The van der Waals surface area contributed by atoms with E-state index in [9.17, 15) is 9.59 Å². The Hall–Kier alpha value is -1.86. The summed E-state index contributed by atoms with van der Waals surface area (Å²) in [6.07, 6.45) is 1.50. The second-order valence-electron chi connectivity index (χ2n) is 5.58. The molecule has 0 aromatic carbocycles. The fourth-order valence-corrected chi connectivity index (χ4v) is 2.81. The molecular formula is C14H20N4O3. The van der Waals surface area contributed by atoms with Gasteiger partial charge in [0.05, 0.1) is 6.26 Å². The van der Waals surface area contributed by atoms with Crippen LogP contribution in [0, 0.1) is 0 Å². The molecule has 3 rings (SSSR count). The molecule has 114 valence electrons. The highest BCUT2D eigenvalue weighted by atomic mass is 16.3. The molecule has 2 saturated heterocycles. The average molecular weight is 292 g/mol. The summed E-state index contributed by atoms with van der Waals surface area (Å²) in [5.41, 5.74) is -1.09. The Morgan fingerprint density at radius 3 is 2.71 bits per heavy atom. The number of hydrogen-bond donors (Lipinski definition) is 2. The van der Waals surface area contributed by atoms with Gasteiger partial charge >= 0.3 is 6.03 Å². The number of rotatable bonds is 4. The number of amides is 3. The predicted molar refractivity (Wildman–Crippen MR) is 75.6 cm³/mol. The van der Waals surface area contributed by atoms with Gasteiger partial charge in [0.25, 0.3) is 5.91 Å². The number of imide groups is 1. The number of piperazine rings is 1. The number of carbonyl (C=O) groups is 2. The Kier molecular flexibility index (Phi) is 3.69. The van der Waals surface area contributed by atoms with Gasteiger partial charge in [-0.3, -0.25) is 14.6 Å². The van der Waals surface area contributed by atoms with Crippen molar-refractivity contribution >= 4 is 11.9 Å². The first kappa shape index (κ1) is 14.1. The van der Waals surface area contributed by atoms with E-state index in [0.29, 0.717) is 18.8 Å². The van der Waals surface area contributed by atoms with E-state index in [2.05, 4.69) is 15.5 Å². The van der Waals surface area contributed by atoms with Crippen molar-refractivity contribution in [1.29, 1.82) is 0 Å². The molecule has 2 N–H and O–H groups in total. The lowest BCUT2D eigenvalue weighted by Gasteiger charge is -2.28. The van der Waals surface area contributed by atoms with Gasteiger partial charge < -0.3 is 15.1 Å². The molecule has 0 radical (unpaired) electrons. The summed E-state index contributed by atoms with van der Waals surface area (Å²) in [5.74, 6) is 0.211. The van der Waals surface area contributed by atoms with Crippen LogP contribution in [0.25, 0.3) is 0 Å². The van der Waals surface area contributed by atoms with Crippen LogP contribution in [-0.4, -0.2) is 61.0 Å². The second-order valence-corrected chi connectivity index (χ2v) is 5.58. The quantitative estimate of drug-likeness (QED) is 0.761. The third-order valence-electron chi connectivity index (χ3n) is 4.14. The molecule has 0 saturated carbocycles. The predicted octanol–water partition coefficient (Wildman–Crippen LogP) is -0.0482. The van der Waals surface area contributed by atoms with Gasteiger partial charge in [-0.05, 0) is 19.1 Å². The molecule has 1 unspecified atom stereocenters. The number of hydrogen-bond acceptors (Lipinski definition) is 5. The van der Waals surface area contributed by atoms with E-state index < -0.39 is 5.54 Å². The molecule has 21 heavy (non-hydrogen) atoms. The first-order valence-electron chi connectivity index (χ1n) is 7.22. The number of carbonyl (C=O) groups excluding carboxylic acids is 2. The number of furan rings is 1. The molecular weight excluding hydrogens is 272 g/mol. The minimum absolute atomic E-state index is 0.252. The molecule has 2 fully saturated rings. The van der Waals surface area contributed by atoms with E-state index in [1.807, 2.05) is 0 Å². The summed E-state index contributed by atoms with van der Waals surface area (Å²) in [6.45, 7) is 6.57. The number of nitrogens with zero attached hydrogens (tertiary/aromatic N) is 2.